The molecule has 0 aromatic heterocycles. The minimum Gasteiger partial charge on any atom is -0.493 e. The van der Waals surface area contributed by atoms with Gasteiger partial charge in [0.25, 0.3) is 0 Å². The highest BCUT2D eigenvalue weighted by molar-refractivity contribution is 6.20. The number of nitrogens with one attached hydrogen (secondary N) is 1. The summed E-state index contributed by atoms with van der Waals surface area (Å²) in [6.45, 7) is 0.651. The van der Waals surface area contributed by atoms with Gasteiger partial charge in [0, 0.05) is 13.1 Å². The van der Waals surface area contributed by atoms with Gasteiger partial charge in [-0.05, 0) is 55.0 Å². The second-order valence-corrected chi connectivity index (χ2v) is 8.90. The summed E-state index contributed by atoms with van der Waals surface area (Å²) in [5, 5.41) is 2.42. The van der Waals surface area contributed by atoms with Crippen molar-refractivity contribution < 1.29 is 28.2 Å². The number of rotatable bonds is 5. The van der Waals surface area contributed by atoms with Crippen LogP contribution >= 0.6 is 0 Å². The summed E-state index contributed by atoms with van der Waals surface area (Å²) in [6.07, 6.45) is 1.75. The van der Waals surface area contributed by atoms with Crippen molar-refractivity contribution in [2.24, 2.45) is 5.41 Å². The number of carbonyl (C=O) groups is 3. The van der Waals surface area contributed by atoms with E-state index in [2.05, 4.69) is 5.32 Å². The summed E-state index contributed by atoms with van der Waals surface area (Å²) >= 11 is 0. The molecule has 0 radical (unpaired) electrons. The Morgan fingerprint density at radius 3 is 2.68 bits per heavy atom. The molecule has 4 amide bonds. The number of benzene rings is 2. The van der Waals surface area contributed by atoms with E-state index >= 15 is 0 Å². The van der Waals surface area contributed by atoms with E-state index in [1.807, 2.05) is 11.0 Å². The molecular formula is C25H26FN3O5. The van der Waals surface area contributed by atoms with Crippen LogP contribution in [-0.4, -0.2) is 56.1 Å². The molecule has 2 aromatic carbocycles. The van der Waals surface area contributed by atoms with Gasteiger partial charge in [-0.25, -0.2) is 9.18 Å². The maximum atomic E-state index is 14.7. The van der Waals surface area contributed by atoms with Crippen molar-refractivity contribution in [3.05, 3.63) is 53.3 Å². The van der Waals surface area contributed by atoms with E-state index < -0.39 is 29.3 Å². The zero-order valence-corrected chi connectivity index (χ0v) is 19.1. The van der Waals surface area contributed by atoms with Gasteiger partial charge in [-0.15, -0.1) is 0 Å². The quantitative estimate of drug-likeness (QED) is 0.681. The molecule has 3 aliphatic rings. The molecule has 1 N–H and O–H groups in total. The van der Waals surface area contributed by atoms with Gasteiger partial charge in [0.2, 0.25) is 11.8 Å². The second-order valence-electron chi connectivity index (χ2n) is 8.90. The van der Waals surface area contributed by atoms with Crippen molar-refractivity contribution in [3.8, 4) is 11.5 Å². The number of anilines is 1. The number of para-hydroxylation sites is 1. The summed E-state index contributed by atoms with van der Waals surface area (Å²) in [5.41, 5.74) is 0.451. The normalized spacial score (nSPS) is 23.6. The minimum atomic E-state index is -1.47. The van der Waals surface area contributed by atoms with Crippen molar-refractivity contribution in [1.29, 1.82) is 0 Å². The summed E-state index contributed by atoms with van der Waals surface area (Å²) in [4.78, 5) is 42.9. The molecule has 2 aromatic rings. The average molecular weight is 467 g/mol. The van der Waals surface area contributed by atoms with Crippen LogP contribution in [0.4, 0.5) is 14.9 Å². The van der Waals surface area contributed by atoms with Crippen LogP contribution in [0.3, 0.4) is 0 Å². The summed E-state index contributed by atoms with van der Waals surface area (Å²) in [7, 11) is 3.08. The summed E-state index contributed by atoms with van der Waals surface area (Å²) in [6, 6.07) is 8.91. The van der Waals surface area contributed by atoms with Gasteiger partial charge in [-0.2, -0.15) is 0 Å². The fraction of sp³-hybridized carbons (Fsp3) is 0.400. The van der Waals surface area contributed by atoms with Crippen LogP contribution in [0.5, 0.6) is 11.5 Å². The topological polar surface area (TPSA) is 88.2 Å². The molecule has 0 bridgehead atoms. The van der Waals surface area contributed by atoms with Gasteiger partial charge in [0.15, 0.2) is 16.9 Å². The molecule has 2 atom stereocenters. The average Bonchev–Trinajstić information content (AvgIpc) is 3.32. The van der Waals surface area contributed by atoms with Gasteiger partial charge in [0.05, 0.1) is 25.9 Å². The Balaban J connectivity index is 1.46. The SMILES string of the molecule is COc1ccc(CCN2C(=O)NC(=O)[C@]3(Cc4cccc(F)c4N4CCC[C@H]43)C2=O)cc1OC. The van der Waals surface area contributed by atoms with Crippen molar-refractivity contribution in [3.63, 3.8) is 0 Å². The first-order chi connectivity index (χ1) is 16.4. The fourth-order valence-corrected chi connectivity index (χ4v) is 5.63. The van der Waals surface area contributed by atoms with E-state index in [4.69, 9.17) is 9.47 Å². The molecule has 0 unspecified atom stereocenters. The molecule has 2 fully saturated rings. The van der Waals surface area contributed by atoms with Crippen molar-refractivity contribution in [1.82, 2.24) is 10.2 Å². The first-order valence-electron chi connectivity index (χ1n) is 11.3. The molecule has 3 heterocycles. The predicted molar refractivity (Wildman–Crippen MR) is 121 cm³/mol. The van der Waals surface area contributed by atoms with Gasteiger partial charge in [0.1, 0.15) is 5.82 Å². The van der Waals surface area contributed by atoms with E-state index in [0.717, 1.165) is 16.9 Å². The Hall–Kier alpha value is -3.62. The number of hydrogen-bond acceptors (Lipinski definition) is 6. The molecule has 0 saturated carbocycles. The van der Waals surface area contributed by atoms with Gasteiger partial charge in [-0.1, -0.05) is 18.2 Å². The number of carbonyl (C=O) groups excluding carboxylic acids is 3. The number of hydrogen-bond donors (Lipinski definition) is 1. The molecule has 9 heteroatoms. The molecular weight excluding hydrogens is 441 g/mol. The van der Waals surface area contributed by atoms with Crippen LogP contribution in [0, 0.1) is 11.2 Å². The Labute approximate surface area is 196 Å². The van der Waals surface area contributed by atoms with Crippen LogP contribution < -0.4 is 19.7 Å². The Kier molecular flexibility index (Phi) is 5.42. The Morgan fingerprint density at radius 1 is 1.12 bits per heavy atom. The molecule has 5 rings (SSSR count). The molecule has 1 spiro atoms. The number of urea groups is 1. The number of methoxy groups -OCH3 is 2. The van der Waals surface area contributed by atoms with Crippen LogP contribution in [0.2, 0.25) is 0 Å². The lowest BCUT2D eigenvalue weighted by atomic mass is 9.68. The second kappa shape index (κ2) is 8.30. The van der Waals surface area contributed by atoms with E-state index in [-0.39, 0.29) is 18.8 Å². The van der Waals surface area contributed by atoms with Crippen LogP contribution in [0.25, 0.3) is 0 Å². The van der Waals surface area contributed by atoms with E-state index in [0.29, 0.717) is 42.1 Å². The maximum absolute atomic E-state index is 14.7. The predicted octanol–water partition coefficient (Wildman–Crippen LogP) is 2.68. The lowest BCUT2D eigenvalue weighted by Gasteiger charge is -2.49. The van der Waals surface area contributed by atoms with Crippen LogP contribution in [-0.2, 0) is 22.4 Å². The number of halogens is 1. The monoisotopic (exact) mass is 467 g/mol. The number of fused-ring (bicyclic) bond motifs is 4. The molecule has 2 saturated heterocycles. The molecule has 8 nitrogen and oxygen atoms in total. The smallest absolute Gasteiger partial charge is 0.330 e. The standard InChI is InChI=1S/C25H26FN3O5/c1-33-18-9-8-15(13-19(18)34-2)10-12-29-23(31)25(22(30)27-24(29)32)14-16-5-3-6-17(26)21(16)28-11-4-7-20(25)28/h3,5-6,8-9,13,20H,4,7,10-12,14H2,1-2H3,(H,27,30,32)/t20-,25+/m0/s1. The van der Waals surface area contributed by atoms with Gasteiger partial charge in [-0.3, -0.25) is 19.8 Å². The lowest BCUT2D eigenvalue weighted by molar-refractivity contribution is -0.153. The Bertz CT molecular complexity index is 1190. The Morgan fingerprint density at radius 2 is 1.91 bits per heavy atom. The number of nitrogens with zero attached hydrogens (tertiary/aromatic N) is 2. The highest BCUT2D eigenvalue weighted by Crippen LogP contribution is 2.49. The first kappa shape index (κ1) is 22.2. The van der Waals surface area contributed by atoms with E-state index in [1.54, 1.807) is 31.4 Å². The minimum absolute atomic E-state index is 0.0616. The lowest BCUT2D eigenvalue weighted by Crippen LogP contribution is -2.71. The van der Waals surface area contributed by atoms with E-state index in [1.165, 1.54) is 13.2 Å². The third-order valence-electron chi connectivity index (χ3n) is 7.22. The van der Waals surface area contributed by atoms with Gasteiger partial charge < -0.3 is 14.4 Å². The zero-order valence-electron chi connectivity index (χ0n) is 19.1. The molecule has 178 valence electrons. The largest absolute Gasteiger partial charge is 0.493 e. The van der Waals surface area contributed by atoms with Crippen molar-refractivity contribution >= 4 is 23.5 Å². The summed E-state index contributed by atoms with van der Waals surface area (Å²) < 4.78 is 25.3. The molecule has 34 heavy (non-hydrogen) atoms. The third kappa shape index (κ3) is 3.21. The third-order valence-corrected chi connectivity index (χ3v) is 7.22. The number of barbiturate groups is 1. The zero-order chi connectivity index (χ0) is 24.0. The fourth-order valence-electron chi connectivity index (χ4n) is 5.63. The molecule has 3 aliphatic heterocycles. The highest BCUT2D eigenvalue weighted by Gasteiger charge is 2.62. The van der Waals surface area contributed by atoms with Crippen LogP contribution in [0.1, 0.15) is 24.0 Å². The number of ether oxygens (including phenoxy) is 2. The maximum Gasteiger partial charge on any atom is 0.330 e. The number of amides is 4. The van der Waals surface area contributed by atoms with Crippen molar-refractivity contribution in [2.45, 2.75) is 31.7 Å². The first-order valence-corrected chi connectivity index (χ1v) is 11.3. The van der Waals surface area contributed by atoms with Crippen molar-refractivity contribution in [2.75, 3.05) is 32.2 Å². The highest BCUT2D eigenvalue weighted by atomic mass is 19.1. The van der Waals surface area contributed by atoms with Gasteiger partial charge >= 0.3 is 6.03 Å². The molecule has 0 aliphatic carbocycles. The summed E-state index contributed by atoms with van der Waals surface area (Å²) in [5.74, 6) is -0.347. The number of imide groups is 2. The van der Waals surface area contributed by atoms with Crippen LogP contribution in [0.15, 0.2) is 36.4 Å². The van der Waals surface area contributed by atoms with E-state index in [9.17, 15) is 18.8 Å².